The van der Waals surface area contributed by atoms with Crippen LogP contribution in [0.3, 0.4) is 0 Å². The van der Waals surface area contributed by atoms with Gasteiger partial charge in [0.05, 0.1) is 38.9 Å². The molecule has 0 saturated heterocycles. The normalized spacial score (nSPS) is 12.5. The number of hydrogen-bond donors (Lipinski definition) is 9. The topological polar surface area (TPSA) is 349 Å². The molecule has 22 heteroatoms. The third kappa shape index (κ3) is 45.7. The summed E-state index contributed by atoms with van der Waals surface area (Å²) in [5.41, 5.74) is 4.84. The van der Waals surface area contributed by atoms with Crippen LogP contribution in [-0.2, 0) is 62.1 Å². The number of amides is 4. The van der Waals surface area contributed by atoms with Crippen LogP contribution in [0, 0.1) is 16.7 Å². The maximum Gasteiger partial charge on any atom is 0.326 e. The number of ether oxygens (including phenoxy) is 4. The number of Topliss-reactive ketones (excluding diaryl/α,β-unsaturated/α-hetero) is 2. The van der Waals surface area contributed by atoms with Crippen molar-refractivity contribution in [1.82, 2.24) is 21.3 Å². The molecule has 0 aromatic rings. The van der Waals surface area contributed by atoms with Crippen molar-refractivity contribution in [2.24, 2.45) is 17.1 Å². The number of carbonyl (C=O) groups is 9. The summed E-state index contributed by atoms with van der Waals surface area (Å²) < 4.78 is 21.5. The van der Waals surface area contributed by atoms with E-state index in [1.54, 1.807) is 20.8 Å². The van der Waals surface area contributed by atoms with Crippen molar-refractivity contribution >= 4 is 58.9 Å². The van der Waals surface area contributed by atoms with Crippen molar-refractivity contribution in [1.29, 1.82) is 5.41 Å². The molecule has 0 unspecified atom stereocenters. The van der Waals surface area contributed by atoms with Gasteiger partial charge in [-0.2, -0.15) is 0 Å². The smallest absolute Gasteiger partial charge is 0.326 e. The van der Waals surface area contributed by atoms with E-state index in [4.69, 9.17) is 35.2 Å². The summed E-state index contributed by atoms with van der Waals surface area (Å²) in [6.07, 6.45) is 19.4. The van der Waals surface area contributed by atoms with E-state index in [1.165, 1.54) is 38.5 Å². The summed E-state index contributed by atoms with van der Waals surface area (Å²) in [6, 6.07) is -2.28. The van der Waals surface area contributed by atoms with E-state index >= 15 is 0 Å². The van der Waals surface area contributed by atoms with Gasteiger partial charge in [-0.15, -0.1) is 0 Å². The second-order valence-corrected chi connectivity index (χ2v) is 20.8. The highest BCUT2D eigenvalue weighted by Gasteiger charge is 2.28. The number of hydrogen-bond acceptors (Lipinski definition) is 14. The van der Waals surface area contributed by atoms with Crippen LogP contribution in [0.15, 0.2) is 0 Å². The zero-order chi connectivity index (χ0) is 57.5. The van der Waals surface area contributed by atoms with Crippen molar-refractivity contribution in [3.63, 3.8) is 0 Å². The predicted molar refractivity (Wildman–Crippen MR) is 290 cm³/mol. The van der Waals surface area contributed by atoms with Crippen LogP contribution in [-0.4, -0.2) is 152 Å². The van der Waals surface area contributed by atoms with E-state index in [-0.39, 0.29) is 146 Å². The highest BCUT2D eigenvalue weighted by molar-refractivity contribution is 5.89. The zero-order valence-electron chi connectivity index (χ0n) is 46.8. The summed E-state index contributed by atoms with van der Waals surface area (Å²) in [5.74, 6) is -5.26. The number of ketones is 2. The lowest BCUT2D eigenvalue weighted by atomic mass is 9.83. The molecule has 0 bridgehead atoms. The van der Waals surface area contributed by atoms with Crippen molar-refractivity contribution in [2.45, 2.75) is 213 Å². The predicted octanol–water partition coefficient (Wildman–Crippen LogP) is 6.17. The summed E-state index contributed by atoms with van der Waals surface area (Å²) in [6.45, 7) is 6.26. The van der Waals surface area contributed by atoms with Gasteiger partial charge in [0.1, 0.15) is 36.9 Å². The molecule has 0 saturated carbocycles. The second-order valence-electron chi connectivity index (χ2n) is 20.8. The number of nitrogens with two attached hydrogens (primary N) is 1. The van der Waals surface area contributed by atoms with Gasteiger partial charge >= 0.3 is 17.9 Å². The molecule has 0 fully saturated rings. The molecule has 0 aliphatic rings. The fraction of sp³-hybridized carbons (Fsp3) is 0.818. The van der Waals surface area contributed by atoms with Crippen LogP contribution in [0.4, 0.5) is 0 Å². The lowest BCUT2D eigenvalue weighted by Gasteiger charge is -2.22. The van der Waals surface area contributed by atoms with Gasteiger partial charge in [-0.1, -0.05) is 104 Å². The fourth-order valence-electron chi connectivity index (χ4n) is 7.98. The van der Waals surface area contributed by atoms with Crippen molar-refractivity contribution in [2.75, 3.05) is 65.9 Å². The number of amidine groups is 1. The Morgan fingerprint density at radius 3 is 1.49 bits per heavy atom. The van der Waals surface area contributed by atoms with Gasteiger partial charge in [-0.3, -0.25) is 39.0 Å². The standard InChI is InChI=1S/C55H98N6O16/c1-55(2,3)46(63)39-42(23-18-19-26-47(56)57)52(69)59-31-21-20-25-44(53(70)71)61-50(66)41-77-38-36-75-34-32-58-49(65)40-76-37-35-74-33-22-24-43(62)29-30-45(54(72)73)60-48(64)27-16-14-12-10-8-6-4-5-7-9-11-13-15-17-28-51(67)68/h42,44-45H,4-41H2,1-3H3,(H3,56,57)(H,58,65)(H,59,69)(H,60,64)(H,61,66)(H,67,68)(H,70,71)(H,72,73)/t42-,44+,45+/m1/s1. The van der Waals surface area contributed by atoms with E-state index in [0.717, 1.165) is 44.9 Å². The number of unbranched alkanes of at least 4 members (excludes halogenated alkanes) is 15. The summed E-state index contributed by atoms with van der Waals surface area (Å²) in [5, 5.41) is 45.7. The molecule has 0 radical (unpaired) electrons. The molecule has 22 nitrogen and oxygen atoms in total. The number of aliphatic carboxylic acids is 3. The number of carbonyl (C=O) groups excluding carboxylic acids is 6. The van der Waals surface area contributed by atoms with Gasteiger partial charge in [0.15, 0.2) is 0 Å². The Morgan fingerprint density at radius 2 is 0.948 bits per heavy atom. The second kappa shape index (κ2) is 47.0. The molecule has 3 atom stereocenters. The summed E-state index contributed by atoms with van der Waals surface area (Å²) >= 11 is 0. The molecule has 77 heavy (non-hydrogen) atoms. The Kier molecular flexibility index (Phi) is 43.9. The molecule has 0 heterocycles. The minimum atomic E-state index is -1.20. The van der Waals surface area contributed by atoms with Crippen LogP contribution in [0.5, 0.6) is 0 Å². The first-order chi connectivity index (χ1) is 36.7. The average Bonchev–Trinajstić information content (AvgIpc) is 3.36. The van der Waals surface area contributed by atoms with Crippen LogP contribution in [0.25, 0.3) is 0 Å². The van der Waals surface area contributed by atoms with Crippen LogP contribution < -0.4 is 27.0 Å². The fourth-order valence-corrected chi connectivity index (χ4v) is 7.98. The third-order valence-electron chi connectivity index (χ3n) is 12.7. The van der Waals surface area contributed by atoms with Gasteiger partial charge in [0, 0.05) is 69.6 Å². The third-order valence-corrected chi connectivity index (χ3v) is 12.7. The number of carboxylic acid groups (broad SMARTS) is 3. The molecule has 10 N–H and O–H groups in total. The minimum Gasteiger partial charge on any atom is -0.481 e. The number of nitrogens with one attached hydrogen (secondary N) is 5. The van der Waals surface area contributed by atoms with Gasteiger partial charge in [-0.05, 0) is 57.8 Å². The quantitative estimate of drug-likeness (QED) is 0.0187. The SMILES string of the molecule is CC(C)(C)C(=O)C[C@@H](CCCCC(=N)N)C(=O)NCCCC[C@H](NC(=O)COCCOCCNC(=O)COCCOCCCC(=O)CC[C@H](NC(=O)CCCCCCCCCCCCCCCCC(=O)O)C(=O)O)C(=O)O. The minimum absolute atomic E-state index is 0.0113. The molecule has 444 valence electrons. The van der Waals surface area contributed by atoms with E-state index in [0.29, 0.717) is 51.4 Å². The molecule has 0 aromatic carbocycles. The first-order valence-corrected chi connectivity index (χ1v) is 28.2. The van der Waals surface area contributed by atoms with Gasteiger partial charge in [0.25, 0.3) is 0 Å². The maximum absolute atomic E-state index is 12.9. The van der Waals surface area contributed by atoms with E-state index in [1.807, 2.05) is 0 Å². The van der Waals surface area contributed by atoms with Crippen LogP contribution in [0.2, 0.25) is 0 Å². The van der Waals surface area contributed by atoms with E-state index in [2.05, 4.69) is 21.3 Å². The zero-order valence-corrected chi connectivity index (χ0v) is 46.8. The highest BCUT2D eigenvalue weighted by atomic mass is 16.5. The Morgan fingerprint density at radius 1 is 0.468 bits per heavy atom. The highest BCUT2D eigenvalue weighted by Crippen LogP contribution is 2.23. The monoisotopic (exact) mass is 1100 g/mol. The molecule has 4 amide bonds. The first-order valence-electron chi connectivity index (χ1n) is 28.2. The lowest BCUT2D eigenvalue weighted by Crippen LogP contribution is -2.42. The van der Waals surface area contributed by atoms with Crippen LogP contribution in [0.1, 0.15) is 201 Å². The first kappa shape index (κ1) is 71.9. The Balaban J connectivity index is 3.95. The Labute approximate surface area is 457 Å². The number of carboxylic acids is 3. The summed E-state index contributed by atoms with van der Waals surface area (Å²) in [7, 11) is 0. The van der Waals surface area contributed by atoms with E-state index < -0.39 is 47.2 Å². The Bertz CT molecular complexity index is 1710. The van der Waals surface area contributed by atoms with Crippen LogP contribution >= 0.6 is 0 Å². The molecule has 0 rings (SSSR count). The molecule has 0 aliphatic carbocycles. The molecule has 0 spiro atoms. The van der Waals surface area contributed by atoms with Gasteiger partial charge in [0.2, 0.25) is 23.6 Å². The van der Waals surface area contributed by atoms with Gasteiger partial charge in [-0.25, -0.2) is 9.59 Å². The van der Waals surface area contributed by atoms with Crippen molar-refractivity contribution in [3.05, 3.63) is 0 Å². The summed E-state index contributed by atoms with van der Waals surface area (Å²) in [4.78, 5) is 109. The lowest BCUT2D eigenvalue weighted by molar-refractivity contribution is -0.143. The molecule has 0 aliphatic heterocycles. The largest absolute Gasteiger partial charge is 0.481 e. The Hall–Kier alpha value is -5.06. The van der Waals surface area contributed by atoms with Gasteiger partial charge < -0.3 is 61.3 Å². The molecular weight excluding hydrogens is 1000 g/mol. The molecular formula is C55H98N6O16. The molecule has 0 aromatic heterocycles. The maximum atomic E-state index is 12.9. The average molecular weight is 1100 g/mol. The van der Waals surface area contributed by atoms with Crippen molar-refractivity contribution in [3.8, 4) is 0 Å². The number of rotatable bonds is 54. The van der Waals surface area contributed by atoms with E-state index in [9.17, 15) is 53.4 Å². The van der Waals surface area contributed by atoms with Crippen molar-refractivity contribution < 1.29 is 77.4 Å².